The standard InChI is InChI=1S/C17H26BrN3/c1-12(2)9-10-21(14-5-3-4-6-14)16-8-7-13(17(19)20)11-15(16)18/h7-8,11-12,14H,3-6,9-10H2,1-2H3,(H3,19,20). The highest BCUT2D eigenvalue weighted by molar-refractivity contribution is 9.10. The number of hydrogen-bond donors (Lipinski definition) is 2. The lowest BCUT2D eigenvalue weighted by molar-refractivity contribution is 0.528. The zero-order valence-corrected chi connectivity index (χ0v) is 14.6. The van der Waals surface area contributed by atoms with E-state index < -0.39 is 0 Å². The van der Waals surface area contributed by atoms with E-state index >= 15 is 0 Å². The van der Waals surface area contributed by atoms with Crippen LogP contribution in [0.2, 0.25) is 0 Å². The fourth-order valence-electron chi connectivity index (χ4n) is 3.02. The third-order valence-corrected chi connectivity index (χ3v) is 4.92. The summed E-state index contributed by atoms with van der Waals surface area (Å²) in [5.41, 5.74) is 7.60. The van der Waals surface area contributed by atoms with Crippen molar-refractivity contribution in [2.75, 3.05) is 11.4 Å². The highest BCUT2D eigenvalue weighted by atomic mass is 79.9. The van der Waals surface area contributed by atoms with Gasteiger partial charge in [0.25, 0.3) is 0 Å². The third kappa shape index (κ3) is 4.22. The third-order valence-electron chi connectivity index (χ3n) is 4.28. The molecule has 0 radical (unpaired) electrons. The first kappa shape index (κ1) is 16.3. The summed E-state index contributed by atoms with van der Waals surface area (Å²) < 4.78 is 1.05. The van der Waals surface area contributed by atoms with E-state index in [0.29, 0.717) is 12.0 Å². The average Bonchev–Trinajstić information content (AvgIpc) is 2.94. The minimum Gasteiger partial charge on any atom is -0.384 e. The molecule has 0 aromatic heterocycles. The van der Waals surface area contributed by atoms with Gasteiger partial charge >= 0.3 is 0 Å². The molecule has 1 aromatic rings. The Bertz CT molecular complexity index is 493. The Morgan fingerprint density at radius 3 is 2.57 bits per heavy atom. The van der Waals surface area contributed by atoms with Gasteiger partial charge in [0, 0.05) is 22.6 Å². The molecular weight excluding hydrogens is 326 g/mol. The highest BCUT2D eigenvalue weighted by Crippen LogP contribution is 2.34. The van der Waals surface area contributed by atoms with Crippen molar-refractivity contribution in [3.05, 3.63) is 28.2 Å². The van der Waals surface area contributed by atoms with Crippen LogP contribution >= 0.6 is 15.9 Å². The van der Waals surface area contributed by atoms with Crippen molar-refractivity contribution in [2.24, 2.45) is 11.7 Å². The molecule has 3 nitrogen and oxygen atoms in total. The molecule has 0 saturated heterocycles. The first-order valence-corrected chi connectivity index (χ1v) is 8.69. The average molecular weight is 352 g/mol. The molecule has 0 unspecified atom stereocenters. The van der Waals surface area contributed by atoms with Gasteiger partial charge in [-0.1, -0.05) is 26.7 Å². The van der Waals surface area contributed by atoms with Crippen molar-refractivity contribution >= 4 is 27.5 Å². The van der Waals surface area contributed by atoms with Gasteiger partial charge in [-0.05, 0) is 59.3 Å². The normalized spacial score (nSPS) is 15.6. The fourth-order valence-corrected chi connectivity index (χ4v) is 3.63. The predicted molar refractivity (Wildman–Crippen MR) is 94.2 cm³/mol. The number of nitrogens with zero attached hydrogens (tertiary/aromatic N) is 1. The lowest BCUT2D eigenvalue weighted by atomic mass is 10.1. The monoisotopic (exact) mass is 351 g/mol. The van der Waals surface area contributed by atoms with Crippen molar-refractivity contribution in [1.29, 1.82) is 5.41 Å². The first-order chi connectivity index (χ1) is 9.99. The molecule has 1 aliphatic carbocycles. The second-order valence-corrected chi connectivity index (χ2v) is 7.25. The molecular formula is C17H26BrN3. The molecule has 3 N–H and O–H groups in total. The van der Waals surface area contributed by atoms with Crippen LogP contribution in [0.1, 0.15) is 51.5 Å². The summed E-state index contributed by atoms with van der Waals surface area (Å²) in [5, 5.41) is 7.56. The molecule has 0 atom stereocenters. The molecule has 0 aliphatic heterocycles. The van der Waals surface area contributed by atoms with Crippen LogP contribution in [0.4, 0.5) is 5.69 Å². The smallest absolute Gasteiger partial charge is 0.122 e. The second-order valence-electron chi connectivity index (χ2n) is 6.39. The van der Waals surface area contributed by atoms with E-state index in [4.69, 9.17) is 11.1 Å². The summed E-state index contributed by atoms with van der Waals surface area (Å²) in [5.74, 6) is 0.834. The summed E-state index contributed by atoms with van der Waals surface area (Å²) in [6.07, 6.45) is 6.47. The van der Waals surface area contributed by atoms with Gasteiger partial charge in [0.05, 0.1) is 5.69 Å². The summed E-state index contributed by atoms with van der Waals surface area (Å²) in [7, 11) is 0. The van der Waals surface area contributed by atoms with Crippen LogP contribution in [-0.2, 0) is 0 Å². The number of nitrogens with two attached hydrogens (primary N) is 1. The fraction of sp³-hybridized carbons (Fsp3) is 0.588. The minimum absolute atomic E-state index is 0.122. The van der Waals surface area contributed by atoms with Crippen molar-refractivity contribution < 1.29 is 0 Å². The van der Waals surface area contributed by atoms with Crippen LogP contribution < -0.4 is 10.6 Å². The molecule has 1 aromatic carbocycles. The minimum atomic E-state index is 0.122. The zero-order valence-electron chi connectivity index (χ0n) is 13.0. The maximum Gasteiger partial charge on any atom is 0.122 e. The number of anilines is 1. The van der Waals surface area contributed by atoms with Gasteiger partial charge in [0.1, 0.15) is 5.84 Å². The van der Waals surface area contributed by atoms with Crippen molar-refractivity contribution in [1.82, 2.24) is 0 Å². The molecule has 116 valence electrons. The molecule has 1 aliphatic rings. The van der Waals surface area contributed by atoms with Gasteiger partial charge < -0.3 is 10.6 Å². The van der Waals surface area contributed by atoms with Gasteiger partial charge in [-0.2, -0.15) is 0 Å². The number of nitrogens with one attached hydrogen (secondary N) is 1. The van der Waals surface area contributed by atoms with Crippen molar-refractivity contribution in [3.8, 4) is 0 Å². The van der Waals surface area contributed by atoms with Gasteiger partial charge in [0.2, 0.25) is 0 Å². The molecule has 4 heteroatoms. The van der Waals surface area contributed by atoms with Gasteiger partial charge in [-0.15, -0.1) is 0 Å². The maximum atomic E-state index is 7.56. The van der Waals surface area contributed by atoms with Crippen LogP contribution in [-0.4, -0.2) is 18.4 Å². The van der Waals surface area contributed by atoms with E-state index in [2.05, 4.69) is 40.7 Å². The number of amidine groups is 1. The molecule has 0 heterocycles. The summed E-state index contributed by atoms with van der Waals surface area (Å²) >= 11 is 3.68. The number of rotatable bonds is 6. The van der Waals surface area contributed by atoms with Crippen molar-refractivity contribution in [2.45, 2.75) is 52.0 Å². The summed E-state index contributed by atoms with van der Waals surface area (Å²) in [6, 6.07) is 6.69. The molecule has 21 heavy (non-hydrogen) atoms. The van der Waals surface area contributed by atoms with Crippen molar-refractivity contribution in [3.63, 3.8) is 0 Å². The Balaban J connectivity index is 2.24. The van der Waals surface area contributed by atoms with Gasteiger partial charge in [0.15, 0.2) is 0 Å². The topological polar surface area (TPSA) is 53.1 Å². The Labute approximate surface area is 136 Å². The Kier molecular flexibility index (Phi) is 5.68. The molecule has 0 amide bonds. The van der Waals surface area contributed by atoms with Crippen LogP contribution in [0.25, 0.3) is 0 Å². The highest BCUT2D eigenvalue weighted by Gasteiger charge is 2.24. The van der Waals surface area contributed by atoms with Crippen LogP contribution in [0.15, 0.2) is 22.7 Å². The SMILES string of the molecule is CC(C)CCN(c1ccc(C(=N)N)cc1Br)C1CCCC1. The molecule has 1 fully saturated rings. The van der Waals surface area contributed by atoms with Gasteiger partial charge in [-0.25, -0.2) is 0 Å². The van der Waals surface area contributed by atoms with Crippen LogP contribution in [0, 0.1) is 11.3 Å². The Morgan fingerprint density at radius 1 is 1.38 bits per heavy atom. The quantitative estimate of drug-likeness (QED) is 0.584. The first-order valence-electron chi connectivity index (χ1n) is 7.89. The number of benzene rings is 1. The lowest BCUT2D eigenvalue weighted by Gasteiger charge is -2.33. The van der Waals surface area contributed by atoms with E-state index in [1.165, 1.54) is 37.8 Å². The number of nitrogen functional groups attached to an aromatic ring is 1. The van der Waals surface area contributed by atoms with E-state index in [0.717, 1.165) is 16.6 Å². The molecule has 2 rings (SSSR count). The van der Waals surface area contributed by atoms with E-state index in [-0.39, 0.29) is 5.84 Å². The number of halogens is 1. The molecule has 1 saturated carbocycles. The largest absolute Gasteiger partial charge is 0.384 e. The molecule has 0 spiro atoms. The van der Waals surface area contributed by atoms with Crippen LogP contribution in [0.5, 0.6) is 0 Å². The van der Waals surface area contributed by atoms with E-state index in [1.54, 1.807) is 0 Å². The second kappa shape index (κ2) is 7.30. The van der Waals surface area contributed by atoms with Gasteiger partial charge in [-0.3, -0.25) is 5.41 Å². The van der Waals surface area contributed by atoms with Crippen LogP contribution in [0.3, 0.4) is 0 Å². The zero-order chi connectivity index (χ0) is 15.4. The van der Waals surface area contributed by atoms with E-state index in [9.17, 15) is 0 Å². The summed E-state index contributed by atoms with van der Waals surface area (Å²) in [6.45, 7) is 5.65. The molecule has 0 bridgehead atoms. The Hall–Kier alpha value is -1.03. The number of hydrogen-bond acceptors (Lipinski definition) is 2. The Morgan fingerprint density at radius 2 is 2.05 bits per heavy atom. The predicted octanol–water partition coefficient (Wildman–Crippen LogP) is 4.53. The maximum absolute atomic E-state index is 7.56. The summed E-state index contributed by atoms with van der Waals surface area (Å²) in [4.78, 5) is 2.56. The lowest BCUT2D eigenvalue weighted by Crippen LogP contribution is -2.35. The van der Waals surface area contributed by atoms with E-state index in [1.807, 2.05) is 12.1 Å².